The summed E-state index contributed by atoms with van der Waals surface area (Å²) in [6.07, 6.45) is 3.71. The number of carbonyl (C=O) groups is 1. The number of hydrogen-bond acceptors (Lipinski definition) is 5. The number of aliphatic hydroxyl groups is 1. The zero-order valence-electron chi connectivity index (χ0n) is 16.3. The first-order chi connectivity index (χ1) is 12.2. The van der Waals surface area contributed by atoms with E-state index in [-0.39, 0.29) is 12.2 Å². The number of amides is 1. The summed E-state index contributed by atoms with van der Waals surface area (Å²) >= 11 is 0. The number of nitrogens with zero attached hydrogens (tertiary/aromatic N) is 1. The van der Waals surface area contributed by atoms with E-state index >= 15 is 0 Å². The molecule has 0 spiro atoms. The predicted octanol–water partition coefficient (Wildman–Crippen LogP) is 3.22. The topological polar surface area (TPSA) is 85.0 Å². The van der Waals surface area contributed by atoms with Gasteiger partial charge in [0.25, 0.3) is 0 Å². The van der Waals surface area contributed by atoms with Crippen LogP contribution in [-0.4, -0.2) is 48.0 Å². The second kappa shape index (κ2) is 7.99. The maximum Gasteiger partial charge on any atom is 0.410 e. The predicted molar refractivity (Wildman–Crippen MR) is 103 cm³/mol. The highest BCUT2D eigenvalue weighted by molar-refractivity contribution is 5.77. The number of ether oxygens (including phenoxy) is 2. The average molecular weight is 362 g/mol. The molecule has 3 N–H and O–H groups in total. The maximum absolute atomic E-state index is 12.2. The van der Waals surface area contributed by atoms with Gasteiger partial charge >= 0.3 is 6.09 Å². The van der Waals surface area contributed by atoms with Crippen LogP contribution in [0.4, 0.5) is 10.5 Å². The molecule has 144 valence electrons. The number of anilines is 1. The van der Waals surface area contributed by atoms with E-state index in [0.717, 1.165) is 25.7 Å². The van der Waals surface area contributed by atoms with Crippen molar-refractivity contribution < 1.29 is 19.4 Å². The maximum atomic E-state index is 12.2. The lowest BCUT2D eigenvalue weighted by Gasteiger charge is -2.30. The van der Waals surface area contributed by atoms with Gasteiger partial charge in [0, 0.05) is 32.2 Å². The number of fused-ring (bicyclic) bond motifs is 1. The molecule has 1 aromatic rings. The Kier molecular flexibility index (Phi) is 6.18. The van der Waals surface area contributed by atoms with Gasteiger partial charge in [-0.25, -0.2) is 4.79 Å². The molecule has 2 aliphatic rings. The lowest BCUT2D eigenvalue weighted by Crippen LogP contribution is -2.39. The Bertz CT molecular complexity index is 692. The molecular formula is C20H30N2O4. The summed E-state index contributed by atoms with van der Waals surface area (Å²) in [5, 5.41) is 7.00. The Morgan fingerprint density at radius 1 is 1.35 bits per heavy atom. The number of hydrogen-bond donors (Lipinski definition) is 2. The fourth-order valence-electron chi connectivity index (χ4n) is 3.22. The van der Waals surface area contributed by atoms with Crippen molar-refractivity contribution in [1.82, 2.24) is 4.90 Å². The highest BCUT2D eigenvalue weighted by atomic mass is 16.6. The summed E-state index contributed by atoms with van der Waals surface area (Å²) < 4.78 is 11.3. The van der Waals surface area contributed by atoms with E-state index in [2.05, 4.69) is 19.1 Å². The summed E-state index contributed by atoms with van der Waals surface area (Å²) in [5.74, 6) is 0.829. The zero-order chi connectivity index (χ0) is 19.5. The highest BCUT2D eigenvalue weighted by Crippen LogP contribution is 2.40. The van der Waals surface area contributed by atoms with E-state index in [0.29, 0.717) is 18.8 Å². The van der Waals surface area contributed by atoms with Crippen LogP contribution in [0.2, 0.25) is 0 Å². The molecule has 2 heterocycles. The quantitative estimate of drug-likeness (QED) is 0.749. The molecule has 0 radical (unpaired) electrons. The molecule has 6 nitrogen and oxygen atoms in total. The minimum Gasteiger partial charge on any atom is -0.488 e. The van der Waals surface area contributed by atoms with Crippen molar-refractivity contribution in [1.29, 1.82) is 0 Å². The van der Waals surface area contributed by atoms with Gasteiger partial charge in [-0.1, -0.05) is 12.1 Å². The largest absolute Gasteiger partial charge is 0.488 e. The molecule has 26 heavy (non-hydrogen) atoms. The van der Waals surface area contributed by atoms with Gasteiger partial charge in [0.05, 0.1) is 5.69 Å². The Labute approximate surface area is 155 Å². The molecule has 1 unspecified atom stereocenters. The molecule has 1 aromatic carbocycles. The van der Waals surface area contributed by atoms with Gasteiger partial charge in [-0.2, -0.15) is 0 Å². The minimum absolute atomic E-state index is 0.158. The van der Waals surface area contributed by atoms with Crippen molar-refractivity contribution in [2.75, 3.05) is 25.9 Å². The van der Waals surface area contributed by atoms with Gasteiger partial charge in [-0.3, -0.25) is 0 Å². The third kappa shape index (κ3) is 4.49. The summed E-state index contributed by atoms with van der Waals surface area (Å²) in [7, 11) is 1.00. The molecule has 1 amide bonds. The molecule has 0 saturated carbocycles. The van der Waals surface area contributed by atoms with E-state index in [9.17, 15) is 4.79 Å². The van der Waals surface area contributed by atoms with Crippen LogP contribution < -0.4 is 10.5 Å². The van der Waals surface area contributed by atoms with Crippen LogP contribution in [-0.2, 0) is 11.2 Å². The van der Waals surface area contributed by atoms with Gasteiger partial charge in [-0.05, 0) is 51.3 Å². The van der Waals surface area contributed by atoms with E-state index in [1.54, 1.807) is 4.90 Å². The first-order valence-electron chi connectivity index (χ1n) is 8.94. The number of carbonyl (C=O) groups excluding carboxylic acids is 1. The average Bonchev–Trinajstić information content (AvgIpc) is 2.98. The van der Waals surface area contributed by atoms with E-state index < -0.39 is 5.60 Å². The highest BCUT2D eigenvalue weighted by Gasteiger charge is 2.28. The second-order valence-corrected chi connectivity index (χ2v) is 7.55. The third-order valence-corrected chi connectivity index (χ3v) is 4.31. The molecule has 1 atom stereocenters. The SMILES string of the molecule is CC1Cc2c(C3=CCN(C(=O)OC(C)(C)C)CC3)ccc(N)c2O1.CO. The fraction of sp³-hybridized carbons (Fsp3) is 0.550. The number of aliphatic hydroxyl groups excluding tert-OH is 1. The van der Waals surface area contributed by atoms with Crippen LogP contribution in [0.1, 0.15) is 45.2 Å². The van der Waals surface area contributed by atoms with Gasteiger partial charge < -0.3 is 25.2 Å². The van der Waals surface area contributed by atoms with Gasteiger partial charge in [0.15, 0.2) is 0 Å². The van der Waals surface area contributed by atoms with Crippen LogP contribution >= 0.6 is 0 Å². The molecule has 0 aromatic heterocycles. The van der Waals surface area contributed by atoms with E-state index in [1.165, 1.54) is 16.7 Å². The number of rotatable bonds is 1. The van der Waals surface area contributed by atoms with Gasteiger partial charge in [0.1, 0.15) is 17.5 Å². The molecule has 0 aliphatic carbocycles. The van der Waals surface area contributed by atoms with Crippen LogP contribution in [0, 0.1) is 0 Å². The molecular weight excluding hydrogens is 332 g/mol. The van der Waals surface area contributed by atoms with Crippen molar-refractivity contribution in [2.24, 2.45) is 0 Å². The van der Waals surface area contributed by atoms with Crippen molar-refractivity contribution in [3.05, 3.63) is 29.3 Å². The summed E-state index contributed by atoms with van der Waals surface area (Å²) in [6.45, 7) is 8.94. The van der Waals surface area contributed by atoms with Crippen molar-refractivity contribution in [3.8, 4) is 5.75 Å². The molecule has 0 bridgehead atoms. The molecule has 2 aliphatic heterocycles. The monoisotopic (exact) mass is 362 g/mol. The van der Waals surface area contributed by atoms with Crippen LogP contribution in [0.25, 0.3) is 5.57 Å². The van der Waals surface area contributed by atoms with Crippen molar-refractivity contribution in [2.45, 2.75) is 52.2 Å². The summed E-state index contributed by atoms with van der Waals surface area (Å²) in [5.41, 5.74) is 9.92. The Morgan fingerprint density at radius 2 is 2.04 bits per heavy atom. The lowest BCUT2D eigenvalue weighted by atomic mass is 9.92. The first kappa shape index (κ1) is 20.1. The number of nitrogen functional groups attached to an aromatic ring is 1. The van der Waals surface area contributed by atoms with Crippen LogP contribution in [0.15, 0.2) is 18.2 Å². The van der Waals surface area contributed by atoms with Crippen LogP contribution in [0.3, 0.4) is 0 Å². The number of nitrogens with two attached hydrogens (primary N) is 1. The van der Waals surface area contributed by atoms with Crippen molar-refractivity contribution in [3.63, 3.8) is 0 Å². The Balaban J connectivity index is 0.00000117. The normalized spacial score (nSPS) is 18.9. The Morgan fingerprint density at radius 3 is 2.62 bits per heavy atom. The molecule has 0 fully saturated rings. The van der Waals surface area contributed by atoms with E-state index in [4.69, 9.17) is 20.3 Å². The molecule has 0 saturated heterocycles. The number of benzene rings is 1. The fourth-order valence-corrected chi connectivity index (χ4v) is 3.22. The van der Waals surface area contributed by atoms with E-state index in [1.807, 2.05) is 26.8 Å². The summed E-state index contributed by atoms with van der Waals surface area (Å²) in [4.78, 5) is 13.9. The first-order valence-corrected chi connectivity index (χ1v) is 8.94. The summed E-state index contributed by atoms with van der Waals surface area (Å²) in [6, 6.07) is 3.98. The zero-order valence-corrected chi connectivity index (χ0v) is 16.3. The third-order valence-electron chi connectivity index (χ3n) is 4.31. The molecule has 6 heteroatoms. The lowest BCUT2D eigenvalue weighted by molar-refractivity contribution is 0.0270. The van der Waals surface area contributed by atoms with Crippen molar-refractivity contribution >= 4 is 17.4 Å². The standard InChI is InChI=1S/C19H26N2O3.CH4O/c1-12-11-15-14(5-6-16(20)17(15)23-12)13-7-9-21(10-8-13)18(22)24-19(2,3)4;1-2/h5-7,12H,8-11,20H2,1-4H3;2H,1H3. The second-order valence-electron chi connectivity index (χ2n) is 7.55. The van der Waals surface area contributed by atoms with Gasteiger partial charge in [-0.15, -0.1) is 0 Å². The molecule has 3 rings (SSSR count). The van der Waals surface area contributed by atoms with Crippen LogP contribution in [0.5, 0.6) is 5.75 Å². The van der Waals surface area contributed by atoms with Gasteiger partial charge in [0.2, 0.25) is 0 Å². The minimum atomic E-state index is -0.466. The smallest absolute Gasteiger partial charge is 0.410 e. The Hall–Kier alpha value is -2.21.